The summed E-state index contributed by atoms with van der Waals surface area (Å²) in [5.74, 6) is -0.972. The van der Waals surface area contributed by atoms with E-state index >= 15 is 0 Å². The second-order valence-corrected chi connectivity index (χ2v) is 5.97. The number of rotatable bonds is 7. The van der Waals surface area contributed by atoms with E-state index in [0.29, 0.717) is 18.0 Å². The fourth-order valence-corrected chi connectivity index (χ4v) is 2.53. The van der Waals surface area contributed by atoms with Gasteiger partial charge >= 0.3 is 5.97 Å². The minimum absolute atomic E-state index is 0.00217. The Morgan fingerprint density at radius 1 is 1.33 bits per heavy atom. The summed E-state index contributed by atoms with van der Waals surface area (Å²) in [6.07, 6.45) is 0.527. The lowest BCUT2D eigenvalue weighted by atomic mass is 9.87. The first-order chi connectivity index (χ1) is 9.82. The van der Waals surface area contributed by atoms with Crippen LogP contribution in [0.5, 0.6) is 0 Å². The predicted molar refractivity (Wildman–Crippen MR) is 83.5 cm³/mol. The first-order valence-corrected chi connectivity index (χ1v) is 7.43. The van der Waals surface area contributed by atoms with Crippen molar-refractivity contribution in [1.82, 2.24) is 4.90 Å². The number of hydrogen-bond acceptors (Lipinski definition) is 2. The summed E-state index contributed by atoms with van der Waals surface area (Å²) in [7, 11) is 1.71. The van der Waals surface area contributed by atoms with Gasteiger partial charge in [-0.05, 0) is 30.0 Å². The Labute approximate surface area is 130 Å². The maximum atomic E-state index is 12.6. The first-order valence-electron chi connectivity index (χ1n) is 7.05. The lowest BCUT2D eigenvalue weighted by molar-refractivity contribution is -0.138. The summed E-state index contributed by atoms with van der Waals surface area (Å²) in [6, 6.07) is 7.34. The van der Waals surface area contributed by atoms with Gasteiger partial charge in [-0.2, -0.15) is 0 Å². The van der Waals surface area contributed by atoms with Crippen LogP contribution in [0.1, 0.15) is 38.2 Å². The quantitative estimate of drug-likeness (QED) is 0.839. The maximum Gasteiger partial charge on any atom is 0.303 e. The van der Waals surface area contributed by atoms with Crippen LogP contribution >= 0.6 is 11.6 Å². The number of aliphatic carboxylic acids is 1. The van der Waals surface area contributed by atoms with Crippen molar-refractivity contribution in [2.24, 2.45) is 5.92 Å². The average Bonchev–Trinajstić information content (AvgIpc) is 2.37. The Morgan fingerprint density at radius 3 is 2.52 bits per heavy atom. The summed E-state index contributed by atoms with van der Waals surface area (Å²) in [5.41, 5.74) is 0.896. The van der Waals surface area contributed by atoms with Gasteiger partial charge in [0.05, 0.1) is 5.92 Å². The third kappa shape index (κ3) is 5.38. The van der Waals surface area contributed by atoms with Gasteiger partial charge in [-0.15, -0.1) is 0 Å². The van der Waals surface area contributed by atoms with Crippen LogP contribution in [-0.4, -0.2) is 35.5 Å². The van der Waals surface area contributed by atoms with E-state index in [-0.39, 0.29) is 24.2 Å². The van der Waals surface area contributed by atoms with E-state index in [4.69, 9.17) is 16.7 Å². The Kier molecular flexibility index (Phi) is 6.69. The van der Waals surface area contributed by atoms with Crippen molar-refractivity contribution in [3.05, 3.63) is 34.9 Å². The summed E-state index contributed by atoms with van der Waals surface area (Å²) in [6.45, 7) is 4.43. The molecule has 1 aromatic carbocycles. The predicted octanol–water partition coefficient (Wildman–Crippen LogP) is 3.40. The largest absolute Gasteiger partial charge is 0.481 e. The van der Waals surface area contributed by atoms with E-state index < -0.39 is 5.97 Å². The molecule has 0 spiro atoms. The van der Waals surface area contributed by atoms with Gasteiger partial charge in [0.2, 0.25) is 5.91 Å². The van der Waals surface area contributed by atoms with Crippen LogP contribution < -0.4 is 0 Å². The zero-order valence-corrected chi connectivity index (χ0v) is 13.4. The van der Waals surface area contributed by atoms with Gasteiger partial charge in [0.1, 0.15) is 0 Å². The van der Waals surface area contributed by atoms with Crippen molar-refractivity contribution in [3.63, 3.8) is 0 Å². The lowest BCUT2D eigenvalue weighted by Crippen LogP contribution is -2.35. The van der Waals surface area contributed by atoms with E-state index in [9.17, 15) is 9.59 Å². The number of carbonyl (C=O) groups is 2. The monoisotopic (exact) mass is 311 g/mol. The summed E-state index contributed by atoms with van der Waals surface area (Å²) in [4.78, 5) is 24.7. The second-order valence-electron chi connectivity index (χ2n) is 5.53. The lowest BCUT2D eigenvalue weighted by Gasteiger charge is -2.26. The molecule has 4 nitrogen and oxygen atoms in total. The van der Waals surface area contributed by atoms with Crippen LogP contribution in [-0.2, 0) is 9.59 Å². The smallest absolute Gasteiger partial charge is 0.303 e. The molecule has 0 bridgehead atoms. The molecule has 0 aliphatic rings. The van der Waals surface area contributed by atoms with E-state index in [1.807, 2.05) is 32.0 Å². The number of carbonyl (C=O) groups excluding carboxylic acids is 1. The number of benzene rings is 1. The Bertz CT molecular complexity index is 502. The van der Waals surface area contributed by atoms with Gasteiger partial charge in [-0.3, -0.25) is 9.59 Å². The topological polar surface area (TPSA) is 57.6 Å². The van der Waals surface area contributed by atoms with Gasteiger partial charge in [0, 0.05) is 25.0 Å². The summed E-state index contributed by atoms with van der Waals surface area (Å²) in [5, 5.41) is 9.26. The van der Waals surface area contributed by atoms with Crippen LogP contribution in [0.4, 0.5) is 0 Å². The molecule has 0 heterocycles. The molecule has 0 saturated heterocycles. The highest BCUT2D eigenvalue weighted by molar-refractivity contribution is 6.30. The molecule has 1 atom stereocenters. The van der Waals surface area contributed by atoms with Crippen molar-refractivity contribution in [1.29, 1.82) is 0 Å². The molecule has 1 N–H and O–H groups in total. The molecule has 21 heavy (non-hydrogen) atoms. The van der Waals surface area contributed by atoms with Crippen LogP contribution in [0.15, 0.2) is 24.3 Å². The van der Waals surface area contributed by atoms with Crippen LogP contribution in [0.3, 0.4) is 0 Å². The molecule has 0 aliphatic heterocycles. The number of halogens is 1. The molecule has 1 amide bonds. The number of hydrogen-bond donors (Lipinski definition) is 1. The molecule has 0 aliphatic carbocycles. The number of amides is 1. The fourth-order valence-electron chi connectivity index (χ4n) is 2.33. The number of nitrogens with zero attached hydrogens (tertiary/aromatic N) is 1. The molecule has 5 heteroatoms. The highest BCUT2D eigenvalue weighted by Gasteiger charge is 2.27. The van der Waals surface area contributed by atoms with Crippen molar-refractivity contribution >= 4 is 23.5 Å². The third-order valence-electron chi connectivity index (χ3n) is 3.40. The van der Waals surface area contributed by atoms with E-state index in [2.05, 4.69) is 0 Å². The first kappa shape index (κ1) is 17.5. The zero-order valence-electron chi connectivity index (χ0n) is 12.7. The standard InChI is InChI=1S/C16H22ClNO3/c1-11(2)15(12-6-4-7-13(17)10-12)16(21)18(3)9-5-8-14(19)20/h4,6-7,10-11,15H,5,8-9H2,1-3H3,(H,19,20). The van der Waals surface area contributed by atoms with Gasteiger partial charge in [0.15, 0.2) is 0 Å². The molecule has 0 saturated carbocycles. The van der Waals surface area contributed by atoms with Gasteiger partial charge in [-0.25, -0.2) is 0 Å². The van der Waals surface area contributed by atoms with Crippen LogP contribution in [0, 0.1) is 5.92 Å². The molecule has 0 fully saturated rings. The van der Waals surface area contributed by atoms with E-state index in [1.165, 1.54) is 0 Å². The van der Waals surface area contributed by atoms with E-state index in [1.54, 1.807) is 18.0 Å². The maximum absolute atomic E-state index is 12.6. The average molecular weight is 312 g/mol. The Hall–Kier alpha value is -1.55. The SMILES string of the molecule is CC(C)C(C(=O)N(C)CCCC(=O)O)c1cccc(Cl)c1. The Morgan fingerprint density at radius 2 is 2.00 bits per heavy atom. The minimum atomic E-state index is -0.842. The second kappa shape index (κ2) is 8.03. The highest BCUT2D eigenvalue weighted by atomic mass is 35.5. The zero-order chi connectivity index (χ0) is 16.0. The molecule has 1 unspecified atom stereocenters. The van der Waals surface area contributed by atoms with Crippen molar-refractivity contribution in [3.8, 4) is 0 Å². The van der Waals surface area contributed by atoms with Gasteiger partial charge in [0.25, 0.3) is 0 Å². The molecule has 116 valence electrons. The molecule has 0 aromatic heterocycles. The molecular weight excluding hydrogens is 290 g/mol. The molecule has 0 radical (unpaired) electrons. The van der Waals surface area contributed by atoms with Gasteiger partial charge in [-0.1, -0.05) is 37.6 Å². The summed E-state index contributed by atoms with van der Waals surface area (Å²) >= 11 is 6.01. The minimum Gasteiger partial charge on any atom is -0.481 e. The summed E-state index contributed by atoms with van der Waals surface area (Å²) < 4.78 is 0. The fraction of sp³-hybridized carbons (Fsp3) is 0.500. The third-order valence-corrected chi connectivity index (χ3v) is 3.64. The van der Waals surface area contributed by atoms with Crippen molar-refractivity contribution < 1.29 is 14.7 Å². The Balaban J connectivity index is 2.80. The van der Waals surface area contributed by atoms with E-state index in [0.717, 1.165) is 5.56 Å². The van der Waals surface area contributed by atoms with Crippen LogP contribution in [0.25, 0.3) is 0 Å². The molecule has 1 rings (SSSR count). The number of carboxylic acid groups (broad SMARTS) is 1. The normalized spacial score (nSPS) is 12.2. The van der Waals surface area contributed by atoms with Crippen molar-refractivity contribution in [2.45, 2.75) is 32.6 Å². The van der Waals surface area contributed by atoms with Gasteiger partial charge < -0.3 is 10.0 Å². The molecular formula is C16H22ClNO3. The highest BCUT2D eigenvalue weighted by Crippen LogP contribution is 2.28. The van der Waals surface area contributed by atoms with Crippen molar-refractivity contribution in [2.75, 3.05) is 13.6 Å². The number of carboxylic acids is 1. The van der Waals surface area contributed by atoms with Crippen LogP contribution in [0.2, 0.25) is 5.02 Å². The molecule has 1 aromatic rings. The number of likely N-dealkylation sites (N-methyl/N-ethyl adjacent to an activating group) is 1.